The summed E-state index contributed by atoms with van der Waals surface area (Å²) in [5.41, 5.74) is 5.99. The lowest BCUT2D eigenvalue weighted by atomic mass is 10.2. The third-order valence-electron chi connectivity index (χ3n) is 2.48. The van der Waals surface area contributed by atoms with Gasteiger partial charge < -0.3 is 20.1 Å². The highest BCUT2D eigenvalue weighted by Gasteiger charge is 2.24. The Morgan fingerprint density at radius 2 is 2.24 bits per heavy atom. The van der Waals surface area contributed by atoms with Gasteiger partial charge in [0, 0.05) is 14.2 Å². The van der Waals surface area contributed by atoms with Gasteiger partial charge in [0.2, 0.25) is 0 Å². The molecule has 0 amide bonds. The monoisotopic (exact) mass is 259 g/mol. The molecule has 96 valence electrons. The average Bonchev–Trinajstić information content (AvgIpc) is 2.69. The van der Waals surface area contributed by atoms with Crippen LogP contribution in [0, 0.1) is 0 Å². The third kappa shape index (κ3) is 2.86. The SMILES string of the molecule is COCC(C)N(C)c1snc(N)c1C(=O)OC. The van der Waals surface area contributed by atoms with Crippen LogP contribution in [0.5, 0.6) is 0 Å². The highest BCUT2D eigenvalue weighted by atomic mass is 32.1. The second kappa shape index (κ2) is 5.83. The molecule has 0 spiro atoms. The Balaban J connectivity index is 3.01. The molecule has 0 fully saturated rings. The van der Waals surface area contributed by atoms with Crippen LogP contribution in [0.15, 0.2) is 0 Å². The minimum Gasteiger partial charge on any atom is -0.465 e. The lowest BCUT2D eigenvalue weighted by Gasteiger charge is -2.25. The molecule has 1 unspecified atom stereocenters. The number of carbonyl (C=O) groups excluding carboxylic acids is 1. The van der Waals surface area contributed by atoms with Gasteiger partial charge in [-0.3, -0.25) is 0 Å². The van der Waals surface area contributed by atoms with Crippen molar-refractivity contribution in [1.82, 2.24) is 4.37 Å². The molecule has 2 N–H and O–H groups in total. The minimum atomic E-state index is -0.470. The molecule has 1 atom stereocenters. The van der Waals surface area contributed by atoms with E-state index in [0.29, 0.717) is 17.2 Å². The molecule has 0 radical (unpaired) electrons. The average molecular weight is 259 g/mol. The smallest absolute Gasteiger partial charge is 0.344 e. The maximum absolute atomic E-state index is 11.6. The van der Waals surface area contributed by atoms with Gasteiger partial charge in [0.1, 0.15) is 10.6 Å². The first-order chi connectivity index (χ1) is 8.02. The van der Waals surface area contributed by atoms with E-state index in [1.54, 1.807) is 7.11 Å². The largest absolute Gasteiger partial charge is 0.465 e. The van der Waals surface area contributed by atoms with E-state index in [4.69, 9.17) is 15.2 Å². The van der Waals surface area contributed by atoms with E-state index in [-0.39, 0.29) is 11.9 Å². The fourth-order valence-electron chi connectivity index (χ4n) is 1.38. The van der Waals surface area contributed by atoms with Crippen molar-refractivity contribution in [3.05, 3.63) is 5.56 Å². The van der Waals surface area contributed by atoms with Gasteiger partial charge in [0.15, 0.2) is 5.82 Å². The predicted molar refractivity (Wildman–Crippen MR) is 67.6 cm³/mol. The van der Waals surface area contributed by atoms with Crippen molar-refractivity contribution < 1.29 is 14.3 Å². The number of nitrogen functional groups attached to an aromatic ring is 1. The first-order valence-electron chi connectivity index (χ1n) is 5.08. The standard InChI is InChI=1S/C10H17N3O3S/c1-6(5-15-3)13(2)9-7(10(14)16-4)8(11)12-17-9/h6H,5H2,1-4H3,(H2,11,12). The fourth-order valence-corrected chi connectivity index (χ4v) is 2.25. The van der Waals surface area contributed by atoms with Crippen LogP contribution >= 0.6 is 11.5 Å². The molecule has 17 heavy (non-hydrogen) atoms. The summed E-state index contributed by atoms with van der Waals surface area (Å²) >= 11 is 1.18. The summed E-state index contributed by atoms with van der Waals surface area (Å²) in [6.07, 6.45) is 0. The van der Waals surface area contributed by atoms with Crippen LogP contribution in [0.4, 0.5) is 10.8 Å². The highest BCUT2D eigenvalue weighted by Crippen LogP contribution is 2.31. The second-order valence-corrected chi connectivity index (χ2v) is 4.41. The van der Waals surface area contributed by atoms with Crippen LogP contribution in [0.25, 0.3) is 0 Å². The van der Waals surface area contributed by atoms with E-state index in [2.05, 4.69) is 4.37 Å². The summed E-state index contributed by atoms with van der Waals surface area (Å²) in [7, 11) is 4.82. The highest BCUT2D eigenvalue weighted by molar-refractivity contribution is 7.11. The molecular formula is C10H17N3O3S. The molecule has 0 saturated heterocycles. The van der Waals surface area contributed by atoms with Crippen LogP contribution in [0.1, 0.15) is 17.3 Å². The molecule has 0 aliphatic heterocycles. The molecule has 1 heterocycles. The number of ether oxygens (including phenoxy) is 2. The van der Waals surface area contributed by atoms with E-state index >= 15 is 0 Å². The first kappa shape index (κ1) is 13.7. The van der Waals surface area contributed by atoms with Gasteiger partial charge >= 0.3 is 5.97 Å². The molecular weight excluding hydrogens is 242 g/mol. The summed E-state index contributed by atoms with van der Waals surface area (Å²) < 4.78 is 13.8. The van der Waals surface area contributed by atoms with Crippen LogP contribution in [0.2, 0.25) is 0 Å². The molecule has 1 aromatic rings. The van der Waals surface area contributed by atoms with Crippen LogP contribution in [-0.2, 0) is 9.47 Å². The Morgan fingerprint density at radius 1 is 1.59 bits per heavy atom. The summed E-state index contributed by atoms with van der Waals surface area (Å²) in [5.74, 6) is -0.268. The molecule has 0 aliphatic rings. The fraction of sp³-hybridized carbons (Fsp3) is 0.600. The van der Waals surface area contributed by atoms with E-state index in [9.17, 15) is 4.79 Å². The zero-order valence-electron chi connectivity index (χ0n) is 10.4. The summed E-state index contributed by atoms with van der Waals surface area (Å²) in [6, 6.07) is 0.114. The number of aromatic nitrogens is 1. The Hall–Kier alpha value is -1.34. The van der Waals surface area contributed by atoms with E-state index in [1.165, 1.54) is 18.6 Å². The van der Waals surface area contributed by atoms with Crippen molar-refractivity contribution in [1.29, 1.82) is 0 Å². The number of anilines is 2. The van der Waals surface area contributed by atoms with E-state index in [0.717, 1.165) is 0 Å². The lowest BCUT2D eigenvalue weighted by molar-refractivity contribution is 0.0603. The van der Waals surface area contributed by atoms with Crippen molar-refractivity contribution in [3.63, 3.8) is 0 Å². The zero-order valence-corrected chi connectivity index (χ0v) is 11.2. The maximum atomic E-state index is 11.6. The maximum Gasteiger partial charge on any atom is 0.344 e. The first-order valence-corrected chi connectivity index (χ1v) is 5.85. The van der Waals surface area contributed by atoms with Crippen molar-refractivity contribution >= 4 is 28.3 Å². The summed E-state index contributed by atoms with van der Waals surface area (Å²) in [4.78, 5) is 13.5. The molecule has 6 nitrogen and oxygen atoms in total. The molecule has 0 aromatic carbocycles. The second-order valence-electron chi connectivity index (χ2n) is 3.65. The number of hydrogen-bond donors (Lipinski definition) is 1. The number of carbonyl (C=O) groups is 1. The van der Waals surface area contributed by atoms with Gasteiger partial charge in [-0.25, -0.2) is 4.79 Å². The normalized spacial score (nSPS) is 12.2. The number of rotatable bonds is 5. The molecule has 1 rings (SSSR count). The van der Waals surface area contributed by atoms with Crippen LogP contribution < -0.4 is 10.6 Å². The Morgan fingerprint density at radius 3 is 2.76 bits per heavy atom. The topological polar surface area (TPSA) is 77.7 Å². The van der Waals surface area contributed by atoms with Gasteiger partial charge in [-0.1, -0.05) is 0 Å². The molecule has 0 bridgehead atoms. The molecule has 0 aliphatic carbocycles. The predicted octanol–water partition coefficient (Wildman–Crippen LogP) is 0.983. The van der Waals surface area contributed by atoms with Gasteiger partial charge in [-0.15, -0.1) is 0 Å². The van der Waals surface area contributed by atoms with E-state index in [1.807, 2.05) is 18.9 Å². The minimum absolute atomic E-state index is 0.114. The number of nitrogens with zero attached hydrogens (tertiary/aromatic N) is 2. The zero-order chi connectivity index (χ0) is 13.0. The molecule has 1 aromatic heterocycles. The number of esters is 1. The number of likely N-dealkylation sites (N-methyl/N-ethyl adjacent to an activating group) is 1. The van der Waals surface area contributed by atoms with Crippen molar-refractivity contribution in [2.24, 2.45) is 0 Å². The van der Waals surface area contributed by atoms with E-state index < -0.39 is 5.97 Å². The van der Waals surface area contributed by atoms with Crippen molar-refractivity contribution in [3.8, 4) is 0 Å². The van der Waals surface area contributed by atoms with Gasteiger partial charge in [-0.05, 0) is 18.5 Å². The Kier molecular flexibility index (Phi) is 4.71. The van der Waals surface area contributed by atoms with Gasteiger partial charge in [-0.2, -0.15) is 4.37 Å². The van der Waals surface area contributed by atoms with Crippen molar-refractivity contribution in [2.75, 3.05) is 38.5 Å². The Bertz CT molecular complexity index is 394. The quantitative estimate of drug-likeness (QED) is 0.794. The van der Waals surface area contributed by atoms with Gasteiger partial charge in [0.05, 0.1) is 19.8 Å². The number of methoxy groups -OCH3 is 2. The van der Waals surface area contributed by atoms with Crippen molar-refractivity contribution in [2.45, 2.75) is 13.0 Å². The number of hydrogen-bond acceptors (Lipinski definition) is 7. The van der Waals surface area contributed by atoms with Crippen LogP contribution in [-0.4, -0.2) is 44.3 Å². The summed E-state index contributed by atoms with van der Waals surface area (Å²) in [6.45, 7) is 2.54. The Labute approximate surface area is 104 Å². The van der Waals surface area contributed by atoms with Gasteiger partial charge in [0.25, 0.3) is 0 Å². The lowest BCUT2D eigenvalue weighted by Crippen LogP contribution is -2.33. The molecule has 7 heteroatoms. The summed E-state index contributed by atoms with van der Waals surface area (Å²) in [5, 5.41) is 0.693. The van der Waals surface area contributed by atoms with Crippen LogP contribution in [0.3, 0.4) is 0 Å². The third-order valence-corrected chi connectivity index (χ3v) is 3.43. The number of nitrogens with two attached hydrogens (primary N) is 1. The molecule has 0 saturated carbocycles.